The van der Waals surface area contributed by atoms with Gasteiger partial charge >= 0.3 is 0 Å². The Morgan fingerprint density at radius 1 is 1.24 bits per heavy atom. The van der Waals surface area contributed by atoms with E-state index < -0.39 is 0 Å². The molecule has 1 N–H and O–H groups in total. The van der Waals surface area contributed by atoms with E-state index in [1.807, 2.05) is 23.1 Å². The van der Waals surface area contributed by atoms with Gasteiger partial charge in [0.1, 0.15) is 0 Å². The van der Waals surface area contributed by atoms with Gasteiger partial charge in [0.25, 0.3) is 0 Å². The zero-order valence-electron chi connectivity index (χ0n) is 10.1. The van der Waals surface area contributed by atoms with Crippen LogP contribution in [-0.4, -0.2) is 37.0 Å². The van der Waals surface area contributed by atoms with Crippen LogP contribution in [0.4, 0.5) is 0 Å². The molecule has 2 rings (SSSR count). The Bertz CT molecular complexity index is 403. The van der Waals surface area contributed by atoms with Crippen molar-refractivity contribution in [3.05, 3.63) is 41.5 Å². The predicted octanol–water partition coefficient (Wildman–Crippen LogP) is 1.44. The summed E-state index contributed by atoms with van der Waals surface area (Å²) in [5.74, 6) is 0.104. The molecular weight excluding hydrogens is 212 g/mol. The Hall–Kier alpha value is -1.61. The first-order valence-electron chi connectivity index (χ1n) is 6.00. The highest BCUT2D eigenvalue weighted by Crippen LogP contribution is 2.05. The van der Waals surface area contributed by atoms with E-state index in [4.69, 9.17) is 0 Å². The molecule has 0 radical (unpaired) electrons. The van der Waals surface area contributed by atoms with Gasteiger partial charge in [-0.25, -0.2) is 0 Å². The minimum absolute atomic E-state index is 0.104. The lowest BCUT2D eigenvalue weighted by molar-refractivity contribution is -0.126. The highest BCUT2D eigenvalue weighted by Gasteiger charge is 2.12. The summed E-state index contributed by atoms with van der Waals surface area (Å²) in [4.78, 5) is 13.7. The molecule has 1 aromatic rings. The Morgan fingerprint density at radius 2 is 1.88 bits per heavy atom. The Kier molecular flexibility index (Phi) is 3.94. The fourth-order valence-corrected chi connectivity index (χ4v) is 1.84. The van der Waals surface area contributed by atoms with Crippen LogP contribution in [0.3, 0.4) is 0 Å². The number of rotatable bonds is 2. The van der Waals surface area contributed by atoms with Gasteiger partial charge in [0.05, 0.1) is 0 Å². The summed E-state index contributed by atoms with van der Waals surface area (Å²) in [6.45, 7) is 5.45. The first-order chi connectivity index (χ1) is 8.25. The van der Waals surface area contributed by atoms with Crippen molar-refractivity contribution in [3.8, 4) is 0 Å². The highest BCUT2D eigenvalue weighted by atomic mass is 16.2. The van der Waals surface area contributed by atoms with Crippen molar-refractivity contribution in [2.45, 2.75) is 6.92 Å². The van der Waals surface area contributed by atoms with Gasteiger partial charge in [-0.15, -0.1) is 0 Å². The zero-order chi connectivity index (χ0) is 12.1. The van der Waals surface area contributed by atoms with Crippen LogP contribution >= 0.6 is 0 Å². The Balaban J connectivity index is 1.95. The predicted molar refractivity (Wildman–Crippen MR) is 69.7 cm³/mol. The lowest BCUT2D eigenvalue weighted by Crippen LogP contribution is -2.45. The molecule has 0 unspecified atom stereocenters. The van der Waals surface area contributed by atoms with E-state index in [-0.39, 0.29) is 5.91 Å². The van der Waals surface area contributed by atoms with Crippen molar-refractivity contribution in [2.24, 2.45) is 0 Å². The number of aryl methyl sites for hydroxylation is 1. The van der Waals surface area contributed by atoms with Crippen LogP contribution in [0, 0.1) is 6.92 Å². The number of nitrogens with zero attached hydrogens (tertiary/aromatic N) is 1. The Morgan fingerprint density at radius 3 is 2.53 bits per heavy atom. The monoisotopic (exact) mass is 230 g/mol. The summed E-state index contributed by atoms with van der Waals surface area (Å²) >= 11 is 0. The molecule has 0 aliphatic carbocycles. The van der Waals surface area contributed by atoms with Crippen LogP contribution in [0.1, 0.15) is 11.1 Å². The van der Waals surface area contributed by atoms with E-state index in [9.17, 15) is 4.79 Å². The van der Waals surface area contributed by atoms with Crippen LogP contribution in [0.2, 0.25) is 0 Å². The number of carbonyl (C=O) groups excluding carboxylic acids is 1. The van der Waals surface area contributed by atoms with Crippen LogP contribution < -0.4 is 5.32 Å². The van der Waals surface area contributed by atoms with E-state index in [2.05, 4.69) is 24.4 Å². The zero-order valence-corrected chi connectivity index (χ0v) is 10.1. The first kappa shape index (κ1) is 11.9. The minimum Gasteiger partial charge on any atom is -0.337 e. The molecule has 0 aromatic heterocycles. The fourth-order valence-electron chi connectivity index (χ4n) is 1.84. The summed E-state index contributed by atoms with van der Waals surface area (Å²) < 4.78 is 0. The largest absolute Gasteiger partial charge is 0.337 e. The number of hydrogen-bond donors (Lipinski definition) is 1. The van der Waals surface area contributed by atoms with E-state index >= 15 is 0 Å². The van der Waals surface area contributed by atoms with Gasteiger partial charge in [-0.3, -0.25) is 4.79 Å². The standard InChI is InChI=1S/C14H18N2O/c1-12-2-4-13(5-3-12)6-7-14(17)16-10-8-15-9-11-16/h2-7,15H,8-11H2,1H3/b7-6+. The van der Waals surface area contributed by atoms with Crippen LogP contribution in [0.25, 0.3) is 6.08 Å². The second-order valence-corrected chi connectivity index (χ2v) is 4.32. The average molecular weight is 230 g/mol. The minimum atomic E-state index is 0.104. The van der Waals surface area contributed by atoms with E-state index in [1.165, 1.54) is 5.56 Å². The smallest absolute Gasteiger partial charge is 0.246 e. The summed E-state index contributed by atoms with van der Waals surface area (Å²) in [6.07, 6.45) is 3.54. The van der Waals surface area contributed by atoms with E-state index in [0.29, 0.717) is 0 Å². The molecule has 0 saturated carbocycles. The molecule has 1 aromatic carbocycles. The summed E-state index contributed by atoms with van der Waals surface area (Å²) in [7, 11) is 0. The van der Waals surface area contributed by atoms with Crippen molar-refractivity contribution in [1.82, 2.24) is 10.2 Å². The third-order valence-corrected chi connectivity index (χ3v) is 2.92. The van der Waals surface area contributed by atoms with Crippen molar-refractivity contribution < 1.29 is 4.79 Å². The maximum absolute atomic E-state index is 11.8. The first-order valence-corrected chi connectivity index (χ1v) is 6.00. The maximum atomic E-state index is 11.8. The summed E-state index contributed by atoms with van der Waals surface area (Å²) in [5, 5.41) is 3.23. The van der Waals surface area contributed by atoms with Gasteiger partial charge in [-0.1, -0.05) is 29.8 Å². The normalized spacial score (nSPS) is 16.4. The number of nitrogens with one attached hydrogen (secondary N) is 1. The van der Waals surface area contributed by atoms with Gasteiger partial charge in [0.15, 0.2) is 0 Å². The topological polar surface area (TPSA) is 32.3 Å². The number of hydrogen-bond acceptors (Lipinski definition) is 2. The lowest BCUT2D eigenvalue weighted by Gasteiger charge is -2.26. The second kappa shape index (κ2) is 5.64. The number of amides is 1. The molecule has 0 atom stereocenters. The molecule has 0 spiro atoms. The van der Waals surface area contributed by atoms with Gasteiger partial charge < -0.3 is 10.2 Å². The molecule has 17 heavy (non-hydrogen) atoms. The van der Waals surface area contributed by atoms with Gasteiger partial charge in [0.2, 0.25) is 5.91 Å². The second-order valence-electron chi connectivity index (χ2n) is 4.32. The SMILES string of the molecule is Cc1ccc(/C=C/C(=O)N2CCNCC2)cc1. The summed E-state index contributed by atoms with van der Waals surface area (Å²) in [5.41, 5.74) is 2.30. The molecule has 1 fully saturated rings. The van der Waals surface area contributed by atoms with Crippen molar-refractivity contribution in [2.75, 3.05) is 26.2 Å². The quantitative estimate of drug-likeness (QED) is 0.780. The van der Waals surface area contributed by atoms with Gasteiger partial charge in [-0.2, -0.15) is 0 Å². The van der Waals surface area contributed by atoms with Crippen LogP contribution in [-0.2, 0) is 4.79 Å². The lowest BCUT2D eigenvalue weighted by atomic mass is 10.1. The number of piperazine rings is 1. The van der Waals surface area contributed by atoms with E-state index in [1.54, 1.807) is 6.08 Å². The highest BCUT2D eigenvalue weighted by molar-refractivity contribution is 5.91. The Labute approximate surface area is 102 Å². The number of benzene rings is 1. The van der Waals surface area contributed by atoms with Gasteiger partial charge in [-0.05, 0) is 18.6 Å². The molecule has 0 bridgehead atoms. The molecule has 1 amide bonds. The molecule has 3 nitrogen and oxygen atoms in total. The van der Waals surface area contributed by atoms with Gasteiger partial charge in [0, 0.05) is 32.3 Å². The third-order valence-electron chi connectivity index (χ3n) is 2.92. The molecule has 3 heteroatoms. The number of carbonyl (C=O) groups is 1. The molecular formula is C14H18N2O. The van der Waals surface area contributed by atoms with Crippen molar-refractivity contribution in [3.63, 3.8) is 0 Å². The van der Waals surface area contributed by atoms with Crippen LogP contribution in [0.5, 0.6) is 0 Å². The molecule has 1 aliphatic heterocycles. The fraction of sp³-hybridized carbons (Fsp3) is 0.357. The van der Waals surface area contributed by atoms with Crippen molar-refractivity contribution >= 4 is 12.0 Å². The third kappa shape index (κ3) is 3.43. The molecule has 1 aliphatic rings. The van der Waals surface area contributed by atoms with Crippen molar-refractivity contribution in [1.29, 1.82) is 0 Å². The molecule has 1 heterocycles. The molecule has 90 valence electrons. The van der Waals surface area contributed by atoms with E-state index in [0.717, 1.165) is 31.7 Å². The molecule has 1 saturated heterocycles. The van der Waals surface area contributed by atoms with Crippen LogP contribution in [0.15, 0.2) is 30.3 Å². The maximum Gasteiger partial charge on any atom is 0.246 e. The summed E-state index contributed by atoms with van der Waals surface area (Å²) in [6, 6.07) is 8.15. The average Bonchev–Trinajstić information content (AvgIpc) is 2.39.